The Balaban J connectivity index is 2.07. The first-order chi connectivity index (χ1) is 7.72. The summed E-state index contributed by atoms with van der Waals surface area (Å²) in [5.74, 6) is -0.0581. The molecule has 4 nitrogen and oxygen atoms in total. The molecule has 84 valence electrons. The Kier molecular flexibility index (Phi) is 2.02. The van der Waals surface area contributed by atoms with Crippen LogP contribution in [0.2, 0.25) is 0 Å². The number of carbonyl (C=O) groups is 1. The van der Waals surface area contributed by atoms with Crippen LogP contribution in [0.4, 0.5) is 0 Å². The summed E-state index contributed by atoms with van der Waals surface area (Å²) in [6, 6.07) is 7.55. The molecule has 1 aromatic rings. The molecule has 4 heteroatoms. The van der Waals surface area contributed by atoms with Crippen LogP contribution in [0.25, 0.3) is 0 Å². The normalized spacial score (nSPS) is 29.2. The molecule has 1 aromatic carbocycles. The van der Waals surface area contributed by atoms with Crippen molar-refractivity contribution in [3.8, 4) is 0 Å². The fourth-order valence-corrected chi connectivity index (χ4v) is 2.38. The molecular formula is C12H13NO3. The quantitative estimate of drug-likeness (QED) is 0.767. The number of benzene rings is 1. The van der Waals surface area contributed by atoms with E-state index < -0.39 is 5.54 Å². The van der Waals surface area contributed by atoms with Crippen LogP contribution in [0, 0.1) is 0 Å². The van der Waals surface area contributed by atoms with E-state index in [1.54, 1.807) is 0 Å². The molecular weight excluding hydrogens is 206 g/mol. The molecule has 1 atom stereocenters. The largest absolute Gasteiger partial charge is 0.348 e. The van der Waals surface area contributed by atoms with Crippen molar-refractivity contribution in [3.63, 3.8) is 0 Å². The van der Waals surface area contributed by atoms with Crippen LogP contribution in [0.3, 0.4) is 0 Å². The zero-order valence-electron chi connectivity index (χ0n) is 9.03. The van der Waals surface area contributed by atoms with E-state index in [1.807, 2.05) is 31.2 Å². The first-order valence-electron chi connectivity index (χ1n) is 5.37. The summed E-state index contributed by atoms with van der Waals surface area (Å²) in [7, 11) is 0. The highest BCUT2D eigenvalue weighted by atomic mass is 16.7. The number of hydrogen-bond acceptors (Lipinski definition) is 3. The van der Waals surface area contributed by atoms with Crippen molar-refractivity contribution in [1.29, 1.82) is 0 Å². The number of rotatable bonds is 1. The van der Waals surface area contributed by atoms with Crippen LogP contribution in [0.5, 0.6) is 0 Å². The molecule has 1 unspecified atom stereocenters. The molecule has 1 amide bonds. The fourth-order valence-electron chi connectivity index (χ4n) is 2.38. The lowest BCUT2D eigenvalue weighted by molar-refractivity contribution is -0.0991. The number of ether oxygens (including phenoxy) is 2. The standard InChI is InChI=1S/C12H13NO3/c1-12(11-15-6-7-16-11)9-5-3-2-4-8(9)10(14)13-12/h2-5,11H,6-7H2,1H3,(H,13,14). The third-order valence-electron chi connectivity index (χ3n) is 3.20. The van der Waals surface area contributed by atoms with Crippen LogP contribution < -0.4 is 5.32 Å². The topological polar surface area (TPSA) is 47.6 Å². The van der Waals surface area contributed by atoms with E-state index in [1.165, 1.54) is 0 Å². The lowest BCUT2D eigenvalue weighted by Crippen LogP contribution is -2.47. The first-order valence-corrected chi connectivity index (χ1v) is 5.37. The predicted octanol–water partition coefficient (Wildman–Crippen LogP) is 1.02. The van der Waals surface area contributed by atoms with Crippen molar-refractivity contribution >= 4 is 5.91 Å². The molecule has 0 radical (unpaired) electrons. The Hall–Kier alpha value is -1.39. The van der Waals surface area contributed by atoms with Gasteiger partial charge in [-0.15, -0.1) is 0 Å². The Morgan fingerprint density at radius 3 is 2.75 bits per heavy atom. The van der Waals surface area contributed by atoms with E-state index in [0.717, 1.165) is 5.56 Å². The van der Waals surface area contributed by atoms with Crippen molar-refractivity contribution in [1.82, 2.24) is 5.32 Å². The fraction of sp³-hybridized carbons (Fsp3) is 0.417. The molecule has 1 fully saturated rings. The zero-order chi connectivity index (χ0) is 11.2. The van der Waals surface area contributed by atoms with Gasteiger partial charge in [-0.3, -0.25) is 4.79 Å². The van der Waals surface area contributed by atoms with Crippen molar-refractivity contribution in [3.05, 3.63) is 35.4 Å². The molecule has 16 heavy (non-hydrogen) atoms. The summed E-state index contributed by atoms with van der Waals surface area (Å²) in [6.45, 7) is 3.10. The van der Waals surface area contributed by atoms with Gasteiger partial charge in [0.2, 0.25) is 0 Å². The van der Waals surface area contributed by atoms with Gasteiger partial charge in [0, 0.05) is 5.56 Å². The minimum atomic E-state index is -0.565. The number of hydrogen-bond donors (Lipinski definition) is 1. The highest BCUT2D eigenvalue weighted by Crippen LogP contribution is 2.36. The maximum absolute atomic E-state index is 11.8. The van der Waals surface area contributed by atoms with Gasteiger partial charge in [-0.2, -0.15) is 0 Å². The highest BCUT2D eigenvalue weighted by Gasteiger charge is 2.47. The summed E-state index contributed by atoms with van der Waals surface area (Å²) < 4.78 is 11.0. The Labute approximate surface area is 93.5 Å². The van der Waals surface area contributed by atoms with Crippen LogP contribution >= 0.6 is 0 Å². The molecule has 2 aliphatic heterocycles. The van der Waals surface area contributed by atoms with Gasteiger partial charge in [-0.05, 0) is 18.6 Å². The van der Waals surface area contributed by atoms with Crippen molar-refractivity contribution in [2.24, 2.45) is 0 Å². The van der Waals surface area contributed by atoms with Crippen LogP contribution in [-0.2, 0) is 15.0 Å². The Morgan fingerprint density at radius 1 is 1.31 bits per heavy atom. The average molecular weight is 219 g/mol. The van der Waals surface area contributed by atoms with Crippen LogP contribution in [0.15, 0.2) is 24.3 Å². The van der Waals surface area contributed by atoms with Gasteiger partial charge < -0.3 is 14.8 Å². The molecule has 2 aliphatic rings. The smallest absolute Gasteiger partial charge is 0.252 e. The molecule has 0 aliphatic carbocycles. The van der Waals surface area contributed by atoms with Crippen molar-refractivity contribution in [2.75, 3.05) is 13.2 Å². The van der Waals surface area contributed by atoms with Crippen LogP contribution in [0.1, 0.15) is 22.8 Å². The average Bonchev–Trinajstić information content (AvgIpc) is 2.89. The van der Waals surface area contributed by atoms with Gasteiger partial charge in [0.05, 0.1) is 13.2 Å². The monoisotopic (exact) mass is 219 g/mol. The summed E-state index contributed by atoms with van der Waals surface area (Å²) in [6.07, 6.45) is -0.389. The lowest BCUT2D eigenvalue weighted by Gasteiger charge is -2.30. The molecule has 0 bridgehead atoms. The predicted molar refractivity (Wildman–Crippen MR) is 57.0 cm³/mol. The number of fused-ring (bicyclic) bond motifs is 1. The highest BCUT2D eigenvalue weighted by molar-refractivity contribution is 6.00. The maximum Gasteiger partial charge on any atom is 0.252 e. The van der Waals surface area contributed by atoms with E-state index in [9.17, 15) is 4.79 Å². The van der Waals surface area contributed by atoms with Crippen molar-refractivity contribution in [2.45, 2.75) is 18.8 Å². The molecule has 0 spiro atoms. The molecule has 1 saturated heterocycles. The third-order valence-corrected chi connectivity index (χ3v) is 3.20. The van der Waals surface area contributed by atoms with Gasteiger partial charge in [-0.1, -0.05) is 18.2 Å². The van der Waals surface area contributed by atoms with E-state index in [4.69, 9.17) is 9.47 Å². The Bertz CT molecular complexity index is 440. The number of amides is 1. The Morgan fingerprint density at radius 2 is 2.00 bits per heavy atom. The minimum Gasteiger partial charge on any atom is -0.348 e. The number of carbonyl (C=O) groups excluding carboxylic acids is 1. The minimum absolute atomic E-state index is 0.0581. The molecule has 0 aromatic heterocycles. The van der Waals surface area contributed by atoms with Gasteiger partial charge in [0.15, 0.2) is 6.29 Å². The number of nitrogens with one attached hydrogen (secondary N) is 1. The van der Waals surface area contributed by atoms with E-state index >= 15 is 0 Å². The maximum atomic E-state index is 11.8. The summed E-state index contributed by atoms with van der Waals surface area (Å²) >= 11 is 0. The molecule has 3 rings (SSSR count). The second-order valence-corrected chi connectivity index (χ2v) is 4.28. The van der Waals surface area contributed by atoms with E-state index in [-0.39, 0.29) is 12.2 Å². The summed E-state index contributed by atoms with van der Waals surface area (Å²) in [5.41, 5.74) is 1.10. The molecule has 2 heterocycles. The van der Waals surface area contributed by atoms with Gasteiger partial charge in [0.25, 0.3) is 5.91 Å². The zero-order valence-corrected chi connectivity index (χ0v) is 9.03. The second-order valence-electron chi connectivity index (χ2n) is 4.28. The van der Waals surface area contributed by atoms with Gasteiger partial charge >= 0.3 is 0 Å². The first kappa shape index (κ1) is 9.81. The van der Waals surface area contributed by atoms with Crippen molar-refractivity contribution < 1.29 is 14.3 Å². The third kappa shape index (κ3) is 1.20. The van der Waals surface area contributed by atoms with E-state index in [2.05, 4.69) is 5.32 Å². The second kappa shape index (κ2) is 3.30. The van der Waals surface area contributed by atoms with Gasteiger partial charge in [0.1, 0.15) is 5.54 Å². The lowest BCUT2D eigenvalue weighted by atomic mass is 9.92. The van der Waals surface area contributed by atoms with E-state index in [0.29, 0.717) is 18.8 Å². The van der Waals surface area contributed by atoms with Crippen LogP contribution in [-0.4, -0.2) is 25.4 Å². The summed E-state index contributed by atoms with van der Waals surface area (Å²) in [4.78, 5) is 11.8. The molecule has 0 saturated carbocycles. The molecule has 1 N–H and O–H groups in total. The van der Waals surface area contributed by atoms with Gasteiger partial charge in [-0.25, -0.2) is 0 Å². The SMILES string of the molecule is CC1(C2OCCO2)NC(=O)c2ccccc21. The summed E-state index contributed by atoms with van der Waals surface area (Å²) in [5, 5.41) is 2.95.